The van der Waals surface area contributed by atoms with Gasteiger partial charge in [0.05, 0.1) is 29.6 Å². The molecular formula is C14H19FN2O4. The topological polar surface area (TPSA) is 96.0 Å². The highest BCUT2D eigenvalue weighted by Gasteiger charge is 2.34. The van der Waals surface area contributed by atoms with E-state index in [0.717, 1.165) is 6.07 Å². The molecule has 6 nitrogen and oxygen atoms in total. The Morgan fingerprint density at radius 3 is 2.81 bits per heavy atom. The van der Waals surface area contributed by atoms with E-state index in [-0.39, 0.29) is 30.1 Å². The van der Waals surface area contributed by atoms with Crippen molar-refractivity contribution in [2.45, 2.75) is 25.6 Å². The van der Waals surface area contributed by atoms with Gasteiger partial charge in [0.15, 0.2) is 0 Å². The average Bonchev–Trinajstić information content (AvgIpc) is 2.36. The van der Waals surface area contributed by atoms with Crippen LogP contribution in [0.25, 0.3) is 0 Å². The molecule has 4 N–H and O–H groups in total. The predicted molar refractivity (Wildman–Crippen MR) is 76.0 cm³/mol. The Kier molecular flexibility index (Phi) is 4.06. The summed E-state index contributed by atoms with van der Waals surface area (Å²) in [4.78, 5) is 12.8. The highest BCUT2D eigenvalue weighted by Crippen LogP contribution is 2.30. The van der Waals surface area contributed by atoms with Crippen LogP contribution in [-0.2, 0) is 4.74 Å². The second-order valence-corrected chi connectivity index (χ2v) is 5.76. The van der Waals surface area contributed by atoms with E-state index in [4.69, 9.17) is 15.6 Å². The van der Waals surface area contributed by atoms with E-state index in [1.807, 2.05) is 13.8 Å². The maximum Gasteiger partial charge on any atom is 0.337 e. The molecule has 1 aliphatic rings. The van der Waals surface area contributed by atoms with Gasteiger partial charge in [0, 0.05) is 18.8 Å². The minimum atomic E-state index is -1.21. The summed E-state index contributed by atoms with van der Waals surface area (Å²) < 4.78 is 19.8. The molecule has 1 saturated heterocycles. The number of carboxylic acid groups (broad SMARTS) is 1. The third kappa shape index (κ3) is 3.25. The van der Waals surface area contributed by atoms with Crippen LogP contribution in [0.1, 0.15) is 24.2 Å². The molecule has 0 amide bonds. The maximum absolute atomic E-state index is 14.1. The molecule has 1 unspecified atom stereocenters. The highest BCUT2D eigenvalue weighted by molar-refractivity contribution is 5.95. The van der Waals surface area contributed by atoms with Crippen LogP contribution in [0.2, 0.25) is 0 Å². The van der Waals surface area contributed by atoms with Crippen molar-refractivity contribution in [3.8, 4) is 0 Å². The van der Waals surface area contributed by atoms with Crippen LogP contribution in [0, 0.1) is 5.82 Å². The van der Waals surface area contributed by atoms with E-state index >= 15 is 0 Å². The molecule has 21 heavy (non-hydrogen) atoms. The van der Waals surface area contributed by atoms with Crippen molar-refractivity contribution in [2.75, 3.05) is 30.3 Å². The lowest BCUT2D eigenvalue weighted by atomic mass is 10.0. The lowest BCUT2D eigenvalue weighted by molar-refractivity contribution is -0.101. The predicted octanol–water partition coefficient (Wildman–Crippen LogP) is 1.08. The number of aliphatic hydroxyl groups excluding tert-OH is 1. The number of nitrogens with two attached hydrogens (primary N) is 1. The summed E-state index contributed by atoms with van der Waals surface area (Å²) >= 11 is 0. The van der Waals surface area contributed by atoms with Crippen molar-refractivity contribution in [1.82, 2.24) is 0 Å². The SMILES string of the molecule is CC1(C)CN(c2cc(C(=O)O)c(N)cc2F)CC(CO)O1. The number of carboxylic acids is 1. The largest absolute Gasteiger partial charge is 0.478 e. The third-order valence-electron chi connectivity index (χ3n) is 3.38. The molecule has 0 saturated carbocycles. The fourth-order valence-corrected chi connectivity index (χ4v) is 2.58. The number of anilines is 2. The second-order valence-electron chi connectivity index (χ2n) is 5.76. The van der Waals surface area contributed by atoms with E-state index in [2.05, 4.69) is 0 Å². The molecule has 0 radical (unpaired) electrons. The number of benzene rings is 1. The number of ether oxygens (including phenoxy) is 1. The van der Waals surface area contributed by atoms with Gasteiger partial charge < -0.3 is 25.6 Å². The minimum Gasteiger partial charge on any atom is -0.478 e. The van der Waals surface area contributed by atoms with Gasteiger partial charge in [0.1, 0.15) is 5.82 Å². The number of hydrogen-bond acceptors (Lipinski definition) is 5. The molecule has 7 heteroatoms. The summed E-state index contributed by atoms with van der Waals surface area (Å²) in [6, 6.07) is 2.23. The second kappa shape index (κ2) is 5.50. The molecule has 1 atom stereocenters. The number of nitrogens with zero attached hydrogens (tertiary/aromatic N) is 1. The van der Waals surface area contributed by atoms with Crippen molar-refractivity contribution < 1.29 is 24.1 Å². The quantitative estimate of drug-likeness (QED) is 0.723. The van der Waals surface area contributed by atoms with Gasteiger partial charge in [-0.2, -0.15) is 0 Å². The fourth-order valence-electron chi connectivity index (χ4n) is 2.58. The van der Waals surface area contributed by atoms with Crippen molar-refractivity contribution in [3.63, 3.8) is 0 Å². The Morgan fingerprint density at radius 1 is 1.57 bits per heavy atom. The first-order chi connectivity index (χ1) is 9.73. The van der Waals surface area contributed by atoms with Gasteiger partial charge in [0.25, 0.3) is 0 Å². The van der Waals surface area contributed by atoms with Gasteiger partial charge in [-0.15, -0.1) is 0 Å². The zero-order valence-electron chi connectivity index (χ0n) is 12.0. The van der Waals surface area contributed by atoms with Gasteiger partial charge in [-0.05, 0) is 26.0 Å². The molecule has 0 spiro atoms. The summed E-state index contributed by atoms with van der Waals surface area (Å²) in [5.74, 6) is -1.80. The number of morpholine rings is 1. The number of carbonyl (C=O) groups is 1. The number of aromatic carboxylic acids is 1. The molecule has 0 bridgehead atoms. The van der Waals surface area contributed by atoms with Gasteiger partial charge in [0.2, 0.25) is 0 Å². The Bertz CT molecular complexity index is 562. The van der Waals surface area contributed by atoms with Gasteiger partial charge >= 0.3 is 5.97 Å². The monoisotopic (exact) mass is 298 g/mol. The van der Waals surface area contributed by atoms with Gasteiger partial charge in [-0.25, -0.2) is 9.18 Å². The molecule has 1 heterocycles. The molecule has 0 aliphatic carbocycles. The Morgan fingerprint density at radius 2 is 2.24 bits per heavy atom. The average molecular weight is 298 g/mol. The van der Waals surface area contributed by atoms with Crippen molar-refractivity contribution in [2.24, 2.45) is 0 Å². The Balaban J connectivity index is 2.40. The van der Waals surface area contributed by atoms with Crippen LogP contribution < -0.4 is 10.6 Å². The van der Waals surface area contributed by atoms with Crippen LogP contribution in [0.3, 0.4) is 0 Å². The van der Waals surface area contributed by atoms with Crippen LogP contribution in [0.15, 0.2) is 12.1 Å². The van der Waals surface area contributed by atoms with Crippen molar-refractivity contribution >= 4 is 17.3 Å². The van der Waals surface area contributed by atoms with Crippen molar-refractivity contribution in [1.29, 1.82) is 0 Å². The van der Waals surface area contributed by atoms with Crippen LogP contribution in [-0.4, -0.2) is 47.6 Å². The summed E-state index contributed by atoms with van der Waals surface area (Å²) in [6.07, 6.45) is -0.459. The summed E-state index contributed by atoms with van der Waals surface area (Å²) in [7, 11) is 0. The molecular weight excluding hydrogens is 279 g/mol. The number of aliphatic hydroxyl groups is 1. The standard InChI is InChI=1S/C14H19FN2O4/c1-14(2)7-17(5-8(6-18)21-14)12-3-9(13(19)20)11(16)4-10(12)15/h3-4,8,18H,5-7,16H2,1-2H3,(H,19,20). The van der Waals surface area contributed by atoms with E-state index in [9.17, 15) is 14.3 Å². The van der Waals surface area contributed by atoms with Crippen LogP contribution >= 0.6 is 0 Å². The molecule has 2 rings (SSSR count). The molecule has 1 aromatic carbocycles. The fraction of sp³-hybridized carbons (Fsp3) is 0.500. The number of halogens is 1. The molecule has 0 aromatic heterocycles. The van der Waals surface area contributed by atoms with Gasteiger partial charge in [-0.3, -0.25) is 0 Å². The summed E-state index contributed by atoms with van der Waals surface area (Å²) in [6.45, 7) is 4.12. The van der Waals surface area contributed by atoms with E-state index in [0.29, 0.717) is 6.54 Å². The normalized spacial score (nSPS) is 21.3. The molecule has 1 aromatic rings. The maximum atomic E-state index is 14.1. The van der Waals surface area contributed by atoms with E-state index in [1.54, 1.807) is 4.90 Å². The first-order valence-electron chi connectivity index (χ1n) is 6.59. The first-order valence-corrected chi connectivity index (χ1v) is 6.59. The first kappa shape index (κ1) is 15.5. The van der Waals surface area contributed by atoms with Crippen molar-refractivity contribution in [3.05, 3.63) is 23.5 Å². The Labute approximate surface area is 121 Å². The smallest absolute Gasteiger partial charge is 0.337 e. The molecule has 1 fully saturated rings. The molecule has 116 valence electrons. The number of hydrogen-bond donors (Lipinski definition) is 3. The van der Waals surface area contributed by atoms with E-state index in [1.165, 1.54) is 6.07 Å². The van der Waals surface area contributed by atoms with Gasteiger partial charge in [-0.1, -0.05) is 0 Å². The lowest BCUT2D eigenvalue weighted by Gasteiger charge is -2.43. The minimum absolute atomic E-state index is 0.116. The summed E-state index contributed by atoms with van der Waals surface area (Å²) in [5, 5.41) is 18.4. The zero-order valence-corrected chi connectivity index (χ0v) is 12.0. The number of nitrogen functional groups attached to an aromatic ring is 1. The zero-order chi connectivity index (χ0) is 15.8. The number of rotatable bonds is 3. The molecule has 1 aliphatic heterocycles. The van der Waals surface area contributed by atoms with Crippen LogP contribution in [0.5, 0.6) is 0 Å². The highest BCUT2D eigenvalue weighted by atomic mass is 19.1. The lowest BCUT2D eigenvalue weighted by Crippen LogP contribution is -2.54. The summed E-state index contributed by atoms with van der Waals surface area (Å²) in [5.41, 5.74) is 4.83. The van der Waals surface area contributed by atoms with Crippen LogP contribution in [0.4, 0.5) is 15.8 Å². The Hall–Kier alpha value is -1.86. The third-order valence-corrected chi connectivity index (χ3v) is 3.38. The van der Waals surface area contributed by atoms with E-state index < -0.39 is 23.5 Å².